The number of nitrogens with zero attached hydrogens (tertiary/aromatic N) is 2. The molecule has 0 amide bonds. The van der Waals surface area contributed by atoms with Crippen LogP contribution in [0.25, 0.3) is 0 Å². The lowest BCUT2D eigenvalue weighted by molar-refractivity contribution is -0.0497. The van der Waals surface area contributed by atoms with E-state index in [2.05, 4.69) is 14.6 Å². The summed E-state index contributed by atoms with van der Waals surface area (Å²) in [7, 11) is -3.87. The normalized spacial score (nSPS) is 11.7. The molecule has 0 aliphatic carbocycles. The van der Waals surface area contributed by atoms with Crippen molar-refractivity contribution in [2.24, 2.45) is 0 Å². The summed E-state index contributed by atoms with van der Waals surface area (Å²) in [5.74, 6) is -0.236. The van der Waals surface area contributed by atoms with Crippen molar-refractivity contribution in [3.8, 4) is 5.75 Å². The summed E-state index contributed by atoms with van der Waals surface area (Å²) < 4.78 is 57.1. The van der Waals surface area contributed by atoms with Crippen LogP contribution in [0.3, 0.4) is 0 Å². The largest absolute Gasteiger partial charge is 0.433 e. The van der Waals surface area contributed by atoms with Crippen molar-refractivity contribution in [2.45, 2.75) is 31.9 Å². The average Bonchev–Trinajstić information content (AvgIpc) is 2.83. The first-order chi connectivity index (χ1) is 10.7. The van der Waals surface area contributed by atoms with Crippen LogP contribution in [0.2, 0.25) is 5.02 Å². The molecule has 0 spiro atoms. The number of anilines is 1. The summed E-state index contributed by atoms with van der Waals surface area (Å²) in [4.78, 5) is 0.0309. The van der Waals surface area contributed by atoms with Crippen molar-refractivity contribution >= 4 is 27.3 Å². The van der Waals surface area contributed by atoms with Crippen LogP contribution in [0.15, 0.2) is 29.3 Å². The van der Waals surface area contributed by atoms with Gasteiger partial charge in [0.1, 0.15) is 10.6 Å². The van der Waals surface area contributed by atoms with Gasteiger partial charge in [0.05, 0.1) is 16.4 Å². The molecule has 1 aromatic carbocycles. The zero-order valence-electron chi connectivity index (χ0n) is 12.3. The Kier molecular flexibility index (Phi) is 5.10. The minimum atomic E-state index is -3.87. The summed E-state index contributed by atoms with van der Waals surface area (Å²) in [5, 5.41) is 3.94. The molecule has 2 aromatic rings. The first kappa shape index (κ1) is 17.5. The lowest BCUT2D eigenvalue weighted by Gasteiger charge is -2.10. The molecule has 1 aromatic heterocycles. The molecule has 10 heteroatoms. The monoisotopic (exact) mass is 365 g/mol. The maximum absolute atomic E-state index is 12.4. The van der Waals surface area contributed by atoms with E-state index in [9.17, 15) is 17.2 Å². The third-order valence-corrected chi connectivity index (χ3v) is 4.69. The molecule has 0 unspecified atom stereocenters. The summed E-state index contributed by atoms with van der Waals surface area (Å²) in [6.07, 6.45) is 1.41. The number of alkyl halides is 2. The van der Waals surface area contributed by atoms with Crippen molar-refractivity contribution in [3.05, 3.63) is 35.1 Å². The third kappa shape index (κ3) is 4.11. The lowest BCUT2D eigenvalue weighted by atomic mass is 10.3. The number of sulfonamides is 1. The van der Waals surface area contributed by atoms with Crippen LogP contribution in [-0.2, 0) is 16.6 Å². The number of rotatable bonds is 6. The average molecular weight is 366 g/mol. The van der Waals surface area contributed by atoms with E-state index in [4.69, 9.17) is 11.6 Å². The van der Waals surface area contributed by atoms with Gasteiger partial charge in [0.2, 0.25) is 0 Å². The standard InChI is InChI=1S/C13H14ClF2N3O3S/c1-3-19-7-12(8(2)17-19)23(20,21)18-9-4-5-11(10(14)6-9)22-13(15)16/h4-7,13,18H,3H2,1-2H3. The van der Waals surface area contributed by atoms with Crippen LogP contribution in [0.5, 0.6) is 5.75 Å². The van der Waals surface area contributed by atoms with Gasteiger partial charge in [0.25, 0.3) is 10.0 Å². The molecule has 0 saturated carbocycles. The van der Waals surface area contributed by atoms with Gasteiger partial charge in [0, 0.05) is 12.7 Å². The molecule has 0 aliphatic rings. The van der Waals surface area contributed by atoms with Crippen LogP contribution < -0.4 is 9.46 Å². The second-order valence-corrected chi connectivity index (χ2v) is 6.62. The number of aryl methyl sites for hydroxylation is 2. The van der Waals surface area contributed by atoms with Gasteiger partial charge >= 0.3 is 6.61 Å². The van der Waals surface area contributed by atoms with Crippen molar-refractivity contribution < 1.29 is 21.9 Å². The number of aromatic nitrogens is 2. The topological polar surface area (TPSA) is 73.2 Å². The molecule has 0 fully saturated rings. The molecule has 0 saturated heterocycles. The number of nitrogens with one attached hydrogen (secondary N) is 1. The van der Waals surface area contributed by atoms with E-state index in [-0.39, 0.29) is 21.4 Å². The van der Waals surface area contributed by atoms with Gasteiger partial charge in [-0.3, -0.25) is 9.40 Å². The Balaban J connectivity index is 2.27. The Morgan fingerprint density at radius 3 is 2.65 bits per heavy atom. The Morgan fingerprint density at radius 1 is 1.43 bits per heavy atom. The first-order valence-electron chi connectivity index (χ1n) is 6.54. The maximum Gasteiger partial charge on any atom is 0.387 e. The molecule has 23 heavy (non-hydrogen) atoms. The summed E-state index contributed by atoms with van der Waals surface area (Å²) >= 11 is 5.80. The summed E-state index contributed by atoms with van der Waals surface area (Å²) in [6, 6.07) is 3.63. The van der Waals surface area contributed by atoms with E-state index in [0.29, 0.717) is 12.2 Å². The molecule has 6 nitrogen and oxygen atoms in total. The Morgan fingerprint density at radius 2 is 2.13 bits per heavy atom. The van der Waals surface area contributed by atoms with Gasteiger partial charge in [-0.2, -0.15) is 13.9 Å². The van der Waals surface area contributed by atoms with Gasteiger partial charge in [-0.15, -0.1) is 0 Å². The minimum absolute atomic E-state index is 0.0309. The Bertz CT molecular complexity index is 809. The quantitative estimate of drug-likeness (QED) is 0.852. The second-order valence-electron chi connectivity index (χ2n) is 4.56. The van der Waals surface area contributed by atoms with Crippen molar-refractivity contribution in [3.63, 3.8) is 0 Å². The van der Waals surface area contributed by atoms with E-state index < -0.39 is 16.6 Å². The van der Waals surface area contributed by atoms with E-state index in [0.717, 1.165) is 6.07 Å². The molecule has 126 valence electrons. The van der Waals surface area contributed by atoms with Crippen LogP contribution >= 0.6 is 11.6 Å². The predicted molar refractivity (Wildman–Crippen MR) is 81.5 cm³/mol. The third-order valence-electron chi connectivity index (χ3n) is 2.91. The number of benzene rings is 1. The summed E-state index contributed by atoms with van der Waals surface area (Å²) in [5.41, 5.74) is 0.475. The SMILES string of the molecule is CCn1cc(S(=O)(=O)Nc2ccc(OC(F)F)c(Cl)c2)c(C)n1. The van der Waals surface area contributed by atoms with Gasteiger partial charge in [-0.05, 0) is 32.0 Å². The van der Waals surface area contributed by atoms with Crippen LogP contribution in [0, 0.1) is 6.92 Å². The fourth-order valence-electron chi connectivity index (χ4n) is 1.89. The van der Waals surface area contributed by atoms with E-state index in [1.165, 1.54) is 23.0 Å². The number of hydrogen-bond donors (Lipinski definition) is 1. The number of halogens is 3. The van der Waals surface area contributed by atoms with Gasteiger partial charge in [0.15, 0.2) is 0 Å². The molecular weight excluding hydrogens is 352 g/mol. The fraction of sp³-hybridized carbons (Fsp3) is 0.308. The highest BCUT2D eigenvalue weighted by Gasteiger charge is 2.21. The van der Waals surface area contributed by atoms with Crippen molar-refractivity contribution in [1.82, 2.24) is 9.78 Å². The van der Waals surface area contributed by atoms with E-state index in [1.807, 2.05) is 6.92 Å². The summed E-state index contributed by atoms with van der Waals surface area (Å²) in [6.45, 7) is 0.921. The fourth-order valence-corrected chi connectivity index (χ4v) is 3.35. The molecule has 0 bridgehead atoms. The smallest absolute Gasteiger partial charge is 0.387 e. The molecule has 0 aliphatic heterocycles. The molecule has 2 rings (SSSR count). The van der Waals surface area contributed by atoms with E-state index >= 15 is 0 Å². The van der Waals surface area contributed by atoms with E-state index in [1.54, 1.807) is 6.92 Å². The minimum Gasteiger partial charge on any atom is -0.433 e. The molecular formula is C13H14ClF2N3O3S. The predicted octanol–water partition coefficient (Wildman–Crippen LogP) is 3.27. The molecule has 1 N–H and O–H groups in total. The molecule has 0 atom stereocenters. The van der Waals surface area contributed by atoms with Crippen LogP contribution in [0.1, 0.15) is 12.6 Å². The Labute approximate surface area is 137 Å². The number of ether oxygens (including phenoxy) is 1. The lowest BCUT2D eigenvalue weighted by Crippen LogP contribution is -2.13. The highest BCUT2D eigenvalue weighted by Crippen LogP contribution is 2.30. The maximum atomic E-state index is 12.4. The highest BCUT2D eigenvalue weighted by molar-refractivity contribution is 7.92. The number of hydrogen-bond acceptors (Lipinski definition) is 4. The second kappa shape index (κ2) is 6.71. The zero-order valence-corrected chi connectivity index (χ0v) is 13.8. The van der Waals surface area contributed by atoms with Gasteiger partial charge in [-0.25, -0.2) is 8.42 Å². The zero-order chi connectivity index (χ0) is 17.2. The molecule has 1 heterocycles. The van der Waals surface area contributed by atoms with Gasteiger partial charge < -0.3 is 4.74 Å². The van der Waals surface area contributed by atoms with Gasteiger partial charge in [-0.1, -0.05) is 11.6 Å². The van der Waals surface area contributed by atoms with Crippen LogP contribution in [0.4, 0.5) is 14.5 Å². The van der Waals surface area contributed by atoms with Crippen molar-refractivity contribution in [1.29, 1.82) is 0 Å². The molecule has 0 radical (unpaired) electrons. The van der Waals surface area contributed by atoms with Crippen molar-refractivity contribution in [2.75, 3.05) is 4.72 Å². The first-order valence-corrected chi connectivity index (χ1v) is 8.40. The van der Waals surface area contributed by atoms with Crippen LogP contribution in [-0.4, -0.2) is 24.8 Å². The Hall–Kier alpha value is -1.87. The highest BCUT2D eigenvalue weighted by atomic mass is 35.5.